The largest absolute Gasteiger partial charge is 0.490 e. The number of rotatable bonds is 6. The number of hydrogen-bond donors (Lipinski definition) is 2. The van der Waals surface area contributed by atoms with Crippen molar-refractivity contribution in [2.45, 2.75) is 19.9 Å². The molecule has 0 bridgehead atoms. The van der Waals surface area contributed by atoms with Gasteiger partial charge in [0.25, 0.3) is 5.91 Å². The molecule has 0 aliphatic rings. The van der Waals surface area contributed by atoms with Gasteiger partial charge in [-0.3, -0.25) is 14.9 Å². The number of aliphatic hydroxyl groups is 1. The van der Waals surface area contributed by atoms with Gasteiger partial charge in [-0.15, -0.1) is 0 Å². The number of nitrogens with zero attached hydrogens (tertiary/aromatic N) is 1. The predicted molar refractivity (Wildman–Crippen MR) is 72.8 cm³/mol. The minimum Gasteiger partial charge on any atom is -0.490 e. The van der Waals surface area contributed by atoms with E-state index in [1.165, 1.54) is 25.3 Å². The van der Waals surface area contributed by atoms with Gasteiger partial charge in [-0.1, -0.05) is 13.8 Å². The fourth-order valence-corrected chi connectivity index (χ4v) is 1.64. The second kappa shape index (κ2) is 6.85. The third-order valence-electron chi connectivity index (χ3n) is 2.96. The molecule has 0 heterocycles. The Morgan fingerprint density at radius 1 is 1.50 bits per heavy atom. The normalized spacial score (nSPS) is 12.1. The minimum atomic E-state index is -0.578. The molecule has 2 N–H and O–H groups in total. The molecule has 0 fully saturated rings. The number of aliphatic hydroxyl groups excluding tert-OH is 1. The zero-order valence-electron chi connectivity index (χ0n) is 11.6. The summed E-state index contributed by atoms with van der Waals surface area (Å²) in [6.45, 7) is 3.57. The average Bonchev–Trinajstić information content (AvgIpc) is 2.43. The summed E-state index contributed by atoms with van der Waals surface area (Å²) in [7, 11) is 1.30. The Morgan fingerprint density at radius 3 is 2.60 bits per heavy atom. The minimum absolute atomic E-state index is 0.0211. The summed E-state index contributed by atoms with van der Waals surface area (Å²) in [5.41, 5.74) is 0.0400. The molecule has 1 aromatic rings. The maximum Gasteiger partial charge on any atom is 0.310 e. The monoisotopic (exact) mass is 282 g/mol. The standard InChI is InChI=1S/C13H18N2O5/c1-8(2)10(7-16)14-13(17)9-4-5-11(15(18)19)12(6-9)20-3/h4-6,8,10,16H,7H2,1-3H3,(H,14,17). The number of nitrogens with one attached hydrogen (secondary N) is 1. The smallest absolute Gasteiger partial charge is 0.310 e. The highest BCUT2D eigenvalue weighted by atomic mass is 16.6. The molecular formula is C13H18N2O5. The molecule has 0 spiro atoms. The van der Waals surface area contributed by atoms with Gasteiger partial charge in [0.2, 0.25) is 0 Å². The summed E-state index contributed by atoms with van der Waals surface area (Å²) in [6, 6.07) is 3.51. The number of carbonyl (C=O) groups excluding carboxylic acids is 1. The van der Waals surface area contributed by atoms with E-state index in [4.69, 9.17) is 4.74 Å². The first-order chi connectivity index (χ1) is 9.40. The lowest BCUT2D eigenvalue weighted by molar-refractivity contribution is -0.385. The second-order valence-electron chi connectivity index (χ2n) is 4.65. The zero-order chi connectivity index (χ0) is 15.3. The van der Waals surface area contributed by atoms with Crippen molar-refractivity contribution in [2.75, 3.05) is 13.7 Å². The van der Waals surface area contributed by atoms with Crippen LogP contribution in [-0.2, 0) is 0 Å². The molecule has 7 nitrogen and oxygen atoms in total. The summed E-state index contributed by atoms with van der Waals surface area (Å²) in [5.74, 6) is -0.317. The van der Waals surface area contributed by atoms with E-state index in [9.17, 15) is 20.0 Å². The van der Waals surface area contributed by atoms with Gasteiger partial charge in [0, 0.05) is 17.7 Å². The molecule has 0 aliphatic heterocycles. The van der Waals surface area contributed by atoms with Gasteiger partial charge in [-0.2, -0.15) is 0 Å². The van der Waals surface area contributed by atoms with Gasteiger partial charge in [-0.25, -0.2) is 0 Å². The van der Waals surface area contributed by atoms with Gasteiger partial charge >= 0.3 is 5.69 Å². The lowest BCUT2D eigenvalue weighted by atomic mass is 10.0. The van der Waals surface area contributed by atoms with Gasteiger partial charge in [0.1, 0.15) is 0 Å². The Kier molecular flexibility index (Phi) is 5.45. The van der Waals surface area contributed by atoms with E-state index in [-0.39, 0.29) is 35.6 Å². The molecule has 1 amide bonds. The van der Waals surface area contributed by atoms with E-state index in [2.05, 4.69) is 5.32 Å². The van der Waals surface area contributed by atoms with Crippen LogP contribution in [0.25, 0.3) is 0 Å². The quantitative estimate of drug-likeness (QED) is 0.605. The van der Waals surface area contributed by atoms with Gasteiger partial charge in [0.05, 0.1) is 24.7 Å². The Morgan fingerprint density at radius 2 is 2.15 bits per heavy atom. The number of hydrogen-bond acceptors (Lipinski definition) is 5. The molecule has 20 heavy (non-hydrogen) atoms. The van der Waals surface area contributed by atoms with Crippen molar-refractivity contribution in [1.29, 1.82) is 0 Å². The molecule has 110 valence electrons. The van der Waals surface area contributed by atoms with Crippen molar-refractivity contribution in [3.63, 3.8) is 0 Å². The number of amides is 1. The van der Waals surface area contributed by atoms with E-state index in [1.807, 2.05) is 13.8 Å². The third kappa shape index (κ3) is 3.67. The number of nitro groups is 1. The van der Waals surface area contributed by atoms with Crippen molar-refractivity contribution in [2.24, 2.45) is 5.92 Å². The molecule has 0 aliphatic carbocycles. The zero-order valence-corrected chi connectivity index (χ0v) is 11.6. The number of carbonyl (C=O) groups is 1. The molecule has 1 atom stereocenters. The highest BCUT2D eigenvalue weighted by Crippen LogP contribution is 2.27. The van der Waals surface area contributed by atoms with Crippen LogP contribution < -0.4 is 10.1 Å². The third-order valence-corrected chi connectivity index (χ3v) is 2.96. The van der Waals surface area contributed by atoms with E-state index in [0.717, 1.165) is 0 Å². The van der Waals surface area contributed by atoms with Crippen LogP contribution in [-0.4, -0.2) is 35.7 Å². The van der Waals surface area contributed by atoms with Crippen LogP contribution in [0, 0.1) is 16.0 Å². The maximum atomic E-state index is 12.0. The van der Waals surface area contributed by atoms with E-state index in [0.29, 0.717) is 0 Å². The van der Waals surface area contributed by atoms with Crippen LogP contribution in [0.2, 0.25) is 0 Å². The number of nitro benzene ring substituents is 1. The molecule has 0 radical (unpaired) electrons. The molecule has 7 heteroatoms. The van der Waals surface area contributed by atoms with Gasteiger partial charge in [0.15, 0.2) is 5.75 Å². The Bertz CT molecular complexity index is 502. The highest BCUT2D eigenvalue weighted by Gasteiger charge is 2.20. The number of benzene rings is 1. The van der Waals surface area contributed by atoms with Crippen molar-refractivity contribution >= 4 is 11.6 Å². The SMILES string of the molecule is COc1cc(C(=O)NC(CO)C(C)C)ccc1[N+](=O)[O-]. The molecule has 0 saturated heterocycles. The highest BCUT2D eigenvalue weighted by molar-refractivity contribution is 5.95. The first-order valence-corrected chi connectivity index (χ1v) is 6.14. The van der Waals surface area contributed by atoms with Gasteiger partial charge < -0.3 is 15.2 Å². The van der Waals surface area contributed by atoms with Crippen LogP contribution in [0.15, 0.2) is 18.2 Å². The van der Waals surface area contributed by atoms with Crippen LogP contribution in [0.1, 0.15) is 24.2 Å². The molecule has 1 rings (SSSR count). The van der Waals surface area contributed by atoms with Crippen molar-refractivity contribution < 1.29 is 19.6 Å². The van der Waals surface area contributed by atoms with E-state index >= 15 is 0 Å². The summed E-state index contributed by atoms with van der Waals surface area (Å²) >= 11 is 0. The van der Waals surface area contributed by atoms with Crippen molar-refractivity contribution in [3.05, 3.63) is 33.9 Å². The Hall–Kier alpha value is -2.15. The fraction of sp³-hybridized carbons (Fsp3) is 0.462. The molecule has 0 aromatic heterocycles. The summed E-state index contributed by atoms with van der Waals surface area (Å²) in [5, 5.41) is 22.6. The number of methoxy groups -OCH3 is 1. The van der Waals surface area contributed by atoms with Crippen molar-refractivity contribution in [3.8, 4) is 5.75 Å². The molecule has 1 unspecified atom stereocenters. The topological polar surface area (TPSA) is 102 Å². The molecule has 1 aromatic carbocycles. The number of ether oxygens (including phenoxy) is 1. The Labute approximate surface area is 116 Å². The Balaban J connectivity index is 2.97. The molecule has 0 saturated carbocycles. The van der Waals surface area contributed by atoms with E-state index < -0.39 is 10.8 Å². The first kappa shape index (κ1) is 15.9. The van der Waals surface area contributed by atoms with E-state index in [1.54, 1.807) is 0 Å². The van der Waals surface area contributed by atoms with Crippen LogP contribution in [0.3, 0.4) is 0 Å². The van der Waals surface area contributed by atoms with Crippen molar-refractivity contribution in [1.82, 2.24) is 5.32 Å². The first-order valence-electron chi connectivity index (χ1n) is 6.14. The van der Waals surface area contributed by atoms with Crippen LogP contribution >= 0.6 is 0 Å². The summed E-state index contributed by atoms with van der Waals surface area (Å²) in [6.07, 6.45) is 0. The molecular weight excluding hydrogens is 264 g/mol. The fourth-order valence-electron chi connectivity index (χ4n) is 1.64. The maximum absolute atomic E-state index is 12.0. The van der Waals surface area contributed by atoms with Crippen LogP contribution in [0.5, 0.6) is 5.75 Å². The average molecular weight is 282 g/mol. The summed E-state index contributed by atoms with van der Waals surface area (Å²) in [4.78, 5) is 22.2. The lowest BCUT2D eigenvalue weighted by Crippen LogP contribution is -2.41. The van der Waals surface area contributed by atoms with Crippen LogP contribution in [0.4, 0.5) is 5.69 Å². The second-order valence-corrected chi connectivity index (χ2v) is 4.65. The van der Waals surface area contributed by atoms with Gasteiger partial charge in [-0.05, 0) is 12.0 Å². The lowest BCUT2D eigenvalue weighted by Gasteiger charge is -2.19. The summed E-state index contributed by atoms with van der Waals surface area (Å²) < 4.78 is 4.91. The predicted octanol–water partition coefficient (Wildman–Crippen LogP) is 1.35.